The van der Waals surface area contributed by atoms with Crippen LogP contribution in [0.25, 0.3) is 11.0 Å². The van der Waals surface area contributed by atoms with Crippen molar-refractivity contribution in [2.45, 2.75) is 17.8 Å². The molecular formula is C14H15N5OS2. The Kier molecular flexibility index (Phi) is 4.39. The zero-order chi connectivity index (χ0) is 15.5. The van der Waals surface area contributed by atoms with E-state index < -0.39 is 0 Å². The van der Waals surface area contributed by atoms with Crippen molar-refractivity contribution in [2.75, 3.05) is 5.75 Å². The zero-order valence-corrected chi connectivity index (χ0v) is 13.9. The Labute approximate surface area is 136 Å². The van der Waals surface area contributed by atoms with Gasteiger partial charge in [-0.15, -0.1) is 10.2 Å². The van der Waals surface area contributed by atoms with Gasteiger partial charge in [0.15, 0.2) is 4.34 Å². The number of carbonyl (C=O) groups excluding carboxylic acids is 1. The molecule has 3 aromatic rings. The summed E-state index contributed by atoms with van der Waals surface area (Å²) in [6, 6.07) is 6.04. The highest BCUT2D eigenvalue weighted by molar-refractivity contribution is 8.01. The number of nitrogens with zero attached hydrogens (tertiary/aromatic N) is 4. The van der Waals surface area contributed by atoms with Crippen molar-refractivity contribution in [1.82, 2.24) is 25.1 Å². The Bertz CT molecular complexity index is 797. The summed E-state index contributed by atoms with van der Waals surface area (Å²) in [4.78, 5) is 16.5. The fraction of sp³-hybridized carbons (Fsp3) is 0.286. The highest BCUT2D eigenvalue weighted by atomic mass is 32.2. The second-order valence-corrected chi connectivity index (χ2v) is 6.86. The molecule has 0 saturated carbocycles. The summed E-state index contributed by atoms with van der Waals surface area (Å²) in [5.74, 6) is 1.14. The lowest BCUT2D eigenvalue weighted by atomic mass is 10.2. The van der Waals surface area contributed by atoms with Crippen molar-refractivity contribution < 1.29 is 4.79 Å². The van der Waals surface area contributed by atoms with Crippen LogP contribution >= 0.6 is 23.1 Å². The molecule has 22 heavy (non-hydrogen) atoms. The molecule has 0 aliphatic rings. The second kappa shape index (κ2) is 6.45. The third-order valence-electron chi connectivity index (χ3n) is 3.30. The molecule has 0 aliphatic heterocycles. The minimum absolute atomic E-state index is 0.0380. The van der Waals surface area contributed by atoms with E-state index in [1.54, 1.807) is 5.51 Å². The van der Waals surface area contributed by atoms with Crippen LogP contribution in [0.4, 0.5) is 0 Å². The highest BCUT2D eigenvalue weighted by Gasteiger charge is 2.11. The van der Waals surface area contributed by atoms with Gasteiger partial charge in [-0.3, -0.25) is 4.79 Å². The number of thioether (sulfide) groups is 1. The van der Waals surface area contributed by atoms with Gasteiger partial charge in [0.25, 0.3) is 0 Å². The van der Waals surface area contributed by atoms with Gasteiger partial charge in [-0.05, 0) is 18.6 Å². The molecule has 0 fully saturated rings. The summed E-state index contributed by atoms with van der Waals surface area (Å²) in [6.07, 6.45) is 0. The molecule has 0 spiro atoms. The third kappa shape index (κ3) is 3.12. The van der Waals surface area contributed by atoms with Gasteiger partial charge < -0.3 is 9.88 Å². The summed E-state index contributed by atoms with van der Waals surface area (Å²) in [5, 5.41) is 10.5. The van der Waals surface area contributed by atoms with Crippen molar-refractivity contribution in [3.05, 3.63) is 35.1 Å². The fourth-order valence-electron chi connectivity index (χ4n) is 2.25. The molecular weight excluding hydrogens is 318 g/mol. The molecule has 6 nitrogen and oxygen atoms in total. The van der Waals surface area contributed by atoms with Crippen LogP contribution in [-0.2, 0) is 18.4 Å². The summed E-state index contributed by atoms with van der Waals surface area (Å²) < 4.78 is 2.83. The Hall–Kier alpha value is -1.93. The topological polar surface area (TPSA) is 72.7 Å². The normalized spacial score (nSPS) is 11.0. The van der Waals surface area contributed by atoms with Crippen LogP contribution < -0.4 is 5.32 Å². The van der Waals surface area contributed by atoms with Gasteiger partial charge in [-0.1, -0.05) is 35.2 Å². The van der Waals surface area contributed by atoms with Gasteiger partial charge in [0.2, 0.25) is 5.91 Å². The summed E-state index contributed by atoms with van der Waals surface area (Å²) in [6.45, 7) is 2.48. The van der Waals surface area contributed by atoms with Crippen molar-refractivity contribution >= 4 is 40.0 Å². The summed E-state index contributed by atoms with van der Waals surface area (Å²) in [7, 11) is 1.97. The van der Waals surface area contributed by atoms with Crippen LogP contribution in [0.5, 0.6) is 0 Å². The quantitative estimate of drug-likeness (QED) is 0.724. The Balaban J connectivity index is 1.63. The standard InChI is InChI=1S/C14H15N5OS2/c1-9-4-3-5-10-13(9)19(2)11(17-10)6-15-12(20)7-21-14-18-16-8-22-14/h3-5,8H,6-7H2,1-2H3,(H,15,20). The molecule has 0 aliphatic carbocycles. The van der Waals surface area contributed by atoms with E-state index in [9.17, 15) is 4.79 Å². The smallest absolute Gasteiger partial charge is 0.230 e. The van der Waals surface area contributed by atoms with Crippen LogP contribution in [0.3, 0.4) is 0 Å². The number of fused-ring (bicyclic) bond motifs is 1. The maximum absolute atomic E-state index is 11.9. The molecule has 0 unspecified atom stereocenters. The zero-order valence-electron chi connectivity index (χ0n) is 12.2. The van der Waals surface area contributed by atoms with Gasteiger partial charge in [0.1, 0.15) is 11.3 Å². The maximum atomic E-state index is 11.9. The van der Waals surface area contributed by atoms with E-state index in [4.69, 9.17) is 0 Å². The van der Waals surface area contributed by atoms with Gasteiger partial charge in [-0.25, -0.2) is 4.98 Å². The molecule has 2 aromatic heterocycles. The first kappa shape index (κ1) is 15.0. The van der Waals surface area contributed by atoms with Crippen LogP contribution in [0.2, 0.25) is 0 Å². The van der Waals surface area contributed by atoms with E-state index in [1.165, 1.54) is 28.7 Å². The number of aryl methyl sites for hydroxylation is 2. The predicted octanol–water partition coefficient (Wildman–Crippen LogP) is 2.14. The third-order valence-corrected chi connectivity index (χ3v) is 5.16. The molecule has 1 amide bonds. The lowest BCUT2D eigenvalue weighted by molar-refractivity contribution is -0.118. The molecule has 3 rings (SSSR count). The lowest BCUT2D eigenvalue weighted by Crippen LogP contribution is -2.26. The van der Waals surface area contributed by atoms with E-state index in [0.29, 0.717) is 12.3 Å². The molecule has 0 atom stereocenters. The number of carbonyl (C=O) groups is 1. The van der Waals surface area contributed by atoms with Crippen LogP contribution in [-0.4, -0.2) is 31.4 Å². The van der Waals surface area contributed by atoms with Crippen molar-refractivity contribution in [2.24, 2.45) is 7.05 Å². The number of imidazole rings is 1. The lowest BCUT2D eigenvalue weighted by Gasteiger charge is -2.05. The summed E-state index contributed by atoms with van der Waals surface area (Å²) >= 11 is 2.82. The van der Waals surface area contributed by atoms with E-state index in [2.05, 4.69) is 33.5 Å². The molecule has 0 radical (unpaired) electrons. The number of para-hydroxylation sites is 1. The SMILES string of the molecule is Cc1cccc2nc(CNC(=O)CSc3nncs3)n(C)c12. The first-order valence-corrected chi connectivity index (χ1v) is 8.58. The number of hydrogen-bond acceptors (Lipinski definition) is 6. The monoisotopic (exact) mass is 333 g/mol. The first-order chi connectivity index (χ1) is 10.6. The summed E-state index contributed by atoms with van der Waals surface area (Å²) in [5.41, 5.74) is 4.89. The number of benzene rings is 1. The largest absolute Gasteiger partial charge is 0.348 e. The molecule has 114 valence electrons. The Morgan fingerprint density at radius 2 is 2.32 bits per heavy atom. The molecule has 1 aromatic carbocycles. The molecule has 1 N–H and O–H groups in total. The predicted molar refractivity (Wildman–Crippen MR) is 87.9 cm³/mol. The average molecular weight is 333 g/mol. The Morgan fingerprint density at radius 3 is 3.05 bits per heavy atom. The highest BCUT2D eigenvalue weighted by Crippen LogP contribution is 2.19. The molecule has 0 bridgehead atoms. The molecule has 0 saturated heterocycles. The van der Waals surface area contributed by atoms with E-state index >= 15 is 0 Å². The van der Waals surface area contributed by atoms with Crippen LogP contribution in [0, 0.1) is 6.92 Å². The minimum atomic E-state index is -0.0380. The molecule has 8 heteroatoms. The number of amides is 1. The van der Waals surface area contributed by atoms with Crippen LogP contribution in [0.1, 0.15) is 11.4 Å². The van der Waals surface area contributed by atoms with Gasteiger partial charge >= 0.3 is 0 Å². The van der Waals surface area contributed by atoms with Crippen LogP contribution in [0.15, 0.2) is 28.0 Å². The van der Waals surface area contributed by atoms with Crippen molar-refractivity contribution in [1.29, 1.82) is 0 Å². The number of nitrogens with one attached hydrogen (secondary N) is 1. The van der Waals surface area contributed by atoms with Gasteiger partial charge in [-0.2, -0.15) is 0 Å². The van der Waals surface area contributed by atoms with Crippen molar-refractivity contribution in [3.63, 3.8) is 0 Å². The van der Waals surface area contributed by atoms with E-state index in [-0.39, 0.29) is 5.91 Å². The molecule has 2 heterocycles. The fourth-order valence-corrected chi connectivity index (χ4v) is 3.57. The van der Waals surface area contributed by atoms with Crippen molar-refractivity contribution in [3.8, 4) is 0 Å². The van der Waals surface area contributed by atoms with Gasteiger partial charge in [0, 0.05) is 7.05 Å². The Morgan fingerprint density at radius 1 is 1.45 bits per heavy atom. The number of rotatable bonds is 5. The number of hydrogen-bond donors (Lipinski definition) is 1. The average Bonchev–Trinajstić information content (AvgIpc) is 3.12. The maximum Gasteiger partial charge on any atom is 0.230 e. The minimum Gasteiger partial charge on any atom is -0.348 e. The van der Waals surface area contributed by atoms with Gasteiger partial charge in [0.05, 0.1) is 23.3 Å². The van der Waals surface area contributed by atoms with E-state index in [0.717, 1.165) is 21.2 Å². The first-order valence-electron chi connectivity index (χ1n) is 6.71. The second-order valence-electron chi connectivity index (χ2n) is 4.80. The van der Waals surface area contributed by atoms with E-state index in [1.807, 2.05) is 23.7 Å². The number of aromatic nitrogens is 4.